The van der Waals surface area contributed by atoms with E-state index in [0.29, 0.717) is 34.6 Å². The van der Waals surface area contributed by atoms with Crippen LogP contribution in [0.25, 0.3) is 11.0 Å². The Bertz CT molecular complexity index is 1420. The first-order chi connectivity index (χ1) is 16.8. The van der Waals surface area contributed by atoms with Gasteiger partial charge in [0.15, 0.2) is 5.78 Å². The number of nitrogens with zero attached hydrogens (tertiary/aromatic N) is 1. The Hall–Kier alpha value is -3.05. The fourth-order valence-corrected chi connectivity index (χ4v) is 4.84. The average molecular weight is 526 g/mol. The maximum absolute atomic E-state index is 13.4. The number of halogens is 3. The minimum absolute atomic E-state index is 0.0415. The zero-order valence-corrected chi connectivity index (χ0v) is 21.0. The van der Waals surface area contributed by atoms with Gasteiger partial charge in [-0.25, -0.2) is 0 Å². The van der Waals surface area contributed by atoms with Crippen molar-refractivity contribution in [3.63, 3.8) is 0 Å². The van der Waals surface area contributed by atoms with Gasteiger partial charge >= 0.3 is 15.6 Å². The lowest BCUT2D eigenvalue weighted by Crippen LogP contribution is -2.30. The van der Waals surface area contributed by atoms with E-state index in [4.69, 9.17) is 9.15 Å². The lowest BCUT2D eigenvalue weighted by Gasteiger charge is -2.31. The fraction of sp³-hybridized carbons (Fsp3) is 0.400. The Morgan fingerprint density at radius 1 is 1.03 bits per heavy atom. The molecule has 0 fully saturated rings. The van der Waals surface area contributed by atoms with E-state index in [1.54, 1.807) is 18.2 Å². The molecular weight excluding hydrogens is 499 g/mol. The molecule has 1 heterocycles. The Morgan fingerprint density at radius 2 is 1.69 bits per heavy atom. The summed E-state index contributed by atoms with van der Waals surface area (Å²) < 4.78 is 77.0. The van der Waals surface area contributed by atoms with Gasteiger partial charge in [-0.05, 0) is 62.8 Å². The minimum atomic E-state index is -5.85. The standard InChI is InChI=1S/C25H26F3NO6S/c1-5-29(6-2)11-12-33-15-7-9-17-19(13-15)24(3,4)23-21(22(17)30)18-10-8-16(14-20(18)34-23)35-36(31,32)25(26,27)28/h7-10,13-14H,5-6,11-12H2,1-4H3. The molecule has 0 unspecified atom stereocenters. The number of carbonyl (C=O) groups is 1. The summed E-state index contributed by atoms with van der Waals surface area (Å²) in [5.41, 5.74) is -4.88. The molecule has 1 aliphatic carbocycles. The van der Waals surface area contributed by atoms with E-state index in [9.17, 15) is 26.4 Å². The number of fused-ring (bicyclic) bond motifs is 4. The van der Waals surface area contributed by atoms with Gasteiger partial charge in [-0.15, -0.1) is 0 Å². The highest BCUT2D eigenvalue weighted by molar-refractivity contribution is 7.88. The van der Waals surface area contributed by atoms with Crippen LogP contribution in [0, 0.1) is 0 Å². The van der Waals surface area contributed by atoms with Crippen molar-refractivity contribution < 1.29 is 39.7 Å². The number of carbonyl (C=O) groups excluding carboxylic acids is 1. The Kier molecular flexibility index (Phi) is 6.59. The van der Waals surface area contributed by atoms with Crippen LogP contribution in [0.3, 0.4) is 0 Å². The van der Waals surface area contributed by atoms with E-state index in [0.717, 1.165) is 31.8 Å². The molecule has 7 nitrogen and oxygen atoms in total. The number of hydrogen-bond acceptors (Lipinski definition) is 7. The van der Waals surface area contributed by atoms with Gasteiger partial charge in [-0.3, -0.25) is 4.79 Å². The molecule has 0 saturated heterocycles. The monoisotopic (exact) mass is 525 g/mol. The highest BCUT2D eigenvalue weighted by Gasteiger charge is 2.49. The predicted octanol–water partition coefficient (Wildman–Crippen LogP) is 5.25. The van der Waals surface area contributed by atoms with E-state index in [-0.39, 0.29) is 16.9 Å². The average Bonchev–Trinajstić information content (AvgIpc) is 3.19. The SMILES string of the molecule is CCN(CC)CCOc1ccc2c(c1)C(C)(C)c1oc3cc(OS(=O)(=O)C(F)(F)F)ccc3c1C2=O. The molecule has 0 bridgehead atoms. The second-order valence-electron chi connectivity index (χ2n) is 8.98. The van der Waals surface area contributed by atoms with Gasteiger partial charge < -0.3 is 18.2 Å². The number of rotatable bonds is 8. The molecule has 0 N–H and O–H groups in total. The molecule has 0 atom stereocenters. The Morgan fingerprint density at radius 3 is 2.33 bits per heavy atom. The van der Waals surface area contributed by atoms with Crippen LogP contribution in [0.4, 0.5) is 13.2 Å². The number of likely N-dealkylation sites (N-methyl/N-ethyl adjacent to an activating group) is 1. The normalized spacial score (nSPS) is 15.2. The van der Waals surface area contributed by atoms with Crippen molar-refractivity contribution in [3.05, 3.63) is 58.8 Å². The van der Waals surface area contributed by atoms with Crippen LogP contribution in [-0.4, -0.2) is 50.9 Å². The van der Waals surface area contributed by atoms with Crippen molar-refractivity contribution in [1.29, 1.82) is 0 Å². The first-order valence-electron chi connectivity index (χ1n) is 11.4. The van der Waals surface area contributed by atoms with Gasteiger partial charge in [0.1, 0.15) is 29.4 Å². The van der Waals surface area contributed by atoms with E-state index < -0.39 is 26.8 Å². The lowest BCUT2D eigenvalue weighted by molar-refractivity contribution is -0.0500. The molecule has 11 heteroatoms. The zero-order valence-electron chi connectivity index (χ0n) is 20.2. The summed E-state index contributed by atoms with van der Waals surface area (Å²) in [6.07, 6.45) is 0. The van der Waals surface area contributed by atoms with Gasteiger partial charge in [-0.1, -0.05) is 13.8 Å². The number of furan rings is 1. The van der Waals surface area contributed by atoms with Crippen molar-refractivity contribution in [2.24, 2.45) is 0 Å². The number of hydrogen-bond donors (Lipinski definition) is 0. The summed E-state index contributed by atoms with van der Waals surface area (Å²) in [4.78, 5) is 15.7. The number of ether oxygens (including phenoxy) is 1. The van der Waals surface area contributed by atoms with Crippen LogP contribution in [-0.2, 0) is 15.5 Å². The third kappa shape index (κ3) is 4.45. The summed E-state index contributed by atoms with van der Waals surface area (Å²) in [6.45, 7) is 10.9. The van der Waals surface area contributed by atoms with Gasteiger partial charge in [0.2, 0.25) is 0 Å². The second-order valence-corrected chi connectivity index (χ2v) is 10.5. The molecule has 0 spiro atoms. The summed E-state index contributed by atoms with van der Waals surface area (Å²) in [6, 6.07) is 8.65. The minimum Gasteiger partial charge on any atom is -0.492 e. The molecule has 1 aliphatic rings. The van der Waals surface area contributed by atoms with Crippen LogP contribution in [0.5, 0.6) is 11.5 Å². The van der Waals surface area contributed by atoms with Crippen molar-refractivity contribution >= 4 is 26.9 Å². The van der Waals surface area contributed by atoms with Crippen LogP contribution in [0.2, 0.25) is 0 Å². The van der Waals surface area contributed by atoms with E-state index in [1.807, 2.05) is 13.8 Å². The predicted molar refractivity (Wildman–Crippen MR) is 127 cm³/mol. The number of ketones is 1. The van der Waals surface area contributed by atoms with Crippen molar-refractivity contribution in [2.75, 3.05) is 26.2 Å². The molecule has 36 heavy (non-hydrogen) atoms. The van der Waals surface area contributed by atoms with Gasteiger partial charge in [-0.2, -0.15) is 21.6 Å². The zero-order chi connectivity index (χ0) is 26.5. The van der Waals surface area contributed by atoms with Crippen LogP contribution < -0.4 is 8.92 Å². The van der Waals surface area contributed by atoms with Crippen molar-refractivity contribution in [1.82, 2.24) is 4.90 Å². The smallest absolute Gasteiger partial charge is 0.492 e. The number of alkyl halides is 3. The second kappa shape index (κ2) is 9.11. The van der Waals surface area contributed by atoms with Crippen LogP contribution in [0.15, 0.2) is 40.8 Å². The molecule has 0 saturated carbocycles. The molecule has 2 aromatic carbocycles. The maximum Gasteiger partial charge on any atom is 0.534 e. The molecule has 194 valence electrons. The summed E-state index contributed by atoms with van der Waals surface area (Å²) in [5, 5.41) is 0.352. The molecule has 0 radical (unpaired) electrons. The molecule has 1 aromatic heterocycles. The van der Waals surface area contributed by atoms with Gasteiger partial charge in [0, 0.05) is 29.0 Å². The summed E-state index contributed by atoms with van der Waals surface area (Å²) >= 11 is 0. The van der Waals surface area contributed by atoms with E-state index in [2.05, 4.69) is 22.9 Å². The third-order valence-electron chi connectivity index (χ3n) is 6.43. The van der Waals surface area contributed by atoms with E-state index >= 15 is 0 Å². The van der Waals surface area contributed by atoms with Crippen molar-refractivity contribution in [2.45, 2.75) is 38.6 Å². The first-order valence-corrected chi connectivity index (χ1v) is 12.8. The van der Waals surface area contributed by atoms with Gasteiger partial charge in [0.25, 0.3) is 0 Å². The molecule has 0 amide bonds. The Balaban J connectivity index is 1.69. The fourth-order valence-electron chi connectivity index (χ4n) is 4.39. The molecule has 0 aliphatic heterocycles. The molecule has 4 rings (SSSR count). The van der Waals surface area contributed by atoms with E-state index in [1.165, 1.54) is 6.07 Å². The first kappa shape index (κ1) is 26.0. The van der Waals surface area contributed by atoms with Crippen LogP contribution in [0.1, 0.15) is 54.9 Å². The largest absolute Gasteiger partial charge is 0.534 e. The van der Waals surface area contributed by atoms with Crippen LogP contribution >= 0.6 is 0 Å². The lowest BCUT2D eigenvalue weighted by atomic mass is 9.72. The molecular formula is C25H26F3NO6S. The Labute approximate surface area is 206 Å². The summed E-state index contributed by atoms with van der Waals surface area (Å²) in [5.74, 6) is 0.0578. The van der Waals surface area contributed by atoms with Gasteiger partial charge in [0.05, 0.1) is 5.56 Å². The highest BCUT2D eigenvalue weighted by atomic mass is 32.2. The highest BCUT2D eigenvalue weighted by Crippen LogP contribution is 2.46. The molecule has 3 aromatic rings. The topological polar surface area (TPSA) is 86.1 Å². The maximum atomic E-state index is 13.4. The third-order valence-corrected chi connectivity index (χ3v) is 7.40. The van der Waals surface area contributed by atoms with Crippen molar-refractivity contribution in [3.8, 4) is 11.5 Å². The quantitative estimate of drug-likeness (QED) is 0.293. The summed E-state index contributed by atoms with van der Waals surface area (Å²) in [7, 11) is -5.85. The number of benzene rings is 2.